The molecular weight excluding hydrogens is 327 g/mol. The minimum atomic E-state index is -0.681. The van der Waals surface area contributed by atoms with E-state index in [2.05, 4.69) is 0 Å². The van der Waals surface area contributed by atoms with Crippen molar-refractivity contribution in [3.05, 3.63) is 65.5 Å². The molecule has 0 radical (unpaired) electrons. The molecule has 0 aliphatic heterocycles. The van der Waals surface area contributed by atoms with Crippen molar-refractivity contribution in [3.63, 3.8) is 0 Å². The molecule has 0 N–H and O–H groups in total. The fraction of sp³-hybridized carbons (Fsp3) is 0.158. The van der Waals surface area contributed by atoms with Crippen LogP contribution in [0, 0.1) is 5.82 Å². The van der Waals surface area contributed by atoms with Gasteiger partial charge in [0, 0.05) is 6.08 Å². The van der Waals surface area contributed by atoms with Crippen molar-refractivity contribution < 1.29 is 28.2 Å². The number of carbonyl (C=O) groups is 2. The van der Waals surface area contributed by atoms with Gasteiger partial charge >= 0.3 is 5.97 Å². The number of hydrogen-bond acceptors (Lipinski definition) is 5. The molecule has 2 rings (SSSR count). The molecule has 130 valence electrons. The third kappa shape index (κ3) is 5.17. The van der Waals surface area contributed by atoms with Gasteiger partial charge in [0.2, 0.25) is 5.78 Å². The minimum Gasteiger partial charge on any atom is -0.497 e. The number of rotatable bonds is 7. The maximum atomic E-state index is 12.8. The Morgan fingerprint density at radius 3 is 2.40 bits per heavy atom. The molecule has 25 heavy (non-hydrogen) atoms. The summed E-state index contributed by atoms with van der Waals surface area (Å²) in [5.41, 5.74) is 0.899. The lowest BCUT2D eigenvalue weighted by atomic mass is 10.1. The largest absolute Gasteiger partial charge is 0.497 e. The average molecular weight is 344 g/mol. The zero-order valence-electron chi connectivity index (χ0n) is 13.8. The number of Topliss-reactive ketones (excluding diaryl/α,β-unsaturated/α-hetero) is 1. The van der Waals surface area contributed by atoms with Gasteiger partial charge in [0.15, 0.2) is 6.61 Å². The second-order valence-corrected chi connectivity index (χ2v) is 4.98. The summed E-state index contributed by atoms with van der Waals surface area (Å²) < 4.78 is 27.9. The van der Waals surface area contributed by atoms with Crippen molar-refractivity contribution in [1.29, 1.82) is 0 Å². The highest BCUT2D eigenvalue weighted by molar-refractivity contribution is 6.01. The third-order valence-corrected chi connectivity index (χ3v) is 3.33. The molecule has 0 unspecified atom stereocenters. The predicted octanol–water partition coefficient (Wildman–Crippen LogP) is 3.28. The van der Waals surface area contributed by atoms with Crippen molar-refractivity contribution >= 4 is 17.8 Å². The van der Waals surface area contributed by atoms with Gasteiger partial charge in [-0.3, -0.25) is 4.79 Å². The van der Waals surface area contributed by atoms with Crippen molar-refractivity contribution in [2.24, 2.45) is 0 Å². The first-order chi connectivity index (χ1) is 12.0. The number of ether oxygens (including phenoxy) is 3. The van der Waals surface area contributed by atoms with Gasteiger partial charge in [0.25, 0.3) is 0 Å². The number of methoxy groups -OCH3 is 2. The maximum Gasteiger partial charge on any atom is 0.331 e. The Labute approximate surface area is 144 Å². The second-order valence-electron chi connectivity index (χ2n) is 4.98. The van der Waals surface area contributed by atoms with Crippen LogP contribution in [0.5, 0.6) is 11.5 Å². The summed E-state index contributed by atoms with van der Waals surface area (Å²) in [6.07, 6.45) is 2.64. The molecule has 6 heteroatoms. The van der Waals surface area contributed by atoms with E-state index < -0.39 is 18.4 Å². The normalized spacial score (nSPS) is 10.5. The topological polar surface area (TPSA) is 61.8 Å². The van der Waals surface area contributed by atoms with Crippen LogP contribution in [0.3, 0.4) is 0 Å². The van der Waals surface area contributed by atoms with Crippen LogP contribution in [0.4, 0.5) is 4.39 Å². The summed E-state index contributed by atoms with van der Waals surface area (Å²) in [5.74, 6) is -0.605. The Balaban J connectivity index is 1.97. The number of ketones is 1. The van der Waals surface area contributed by atoms with Crippen LogP contribution < -0.4 is 9.47 Å². The molecule has 0 fully saturated rings. The Bertz CT molecular complexity index is 781. The minimum absolute atomic E-state index is 0.261. The first-order valence-corrected chi connectivity index (χ1v) is 7.39. The van der Waals surface area contributed by atoms with Gasteiger partial charge in [-0.15, -0.1) is 0 Å². The zero-order valence-corrected chi connectivity index (χ0v) is 13.8. The molecule has 0 aliphatic carbocycles. The summed E-state index contributed by atoms with van der Waals surface area (Å²) in [5, 5.41) is 0. The highest BCUT2D eigenvalue weighted by Gasteiger charge is 2.15. The van der Waals surface area contributed by atoms with Gasteiger partial charge in [0.1, 0.15) is 17.3 Å². The zero-order chi connectivity index (χ0) is 18.2. The molecule has 0 amide bonds. The maximum absolute atomic E-state index is 12.8. The van der Waals surface area contributed by atoms with Crippen LogP contribution >= 0.6 is 0 Å². The summed E-state index contributed by atoms with van der Waals surface area (Å²) in [4.78, 5) is 23.9. The third-order valence-electron chi connectivity index (χ3n) is 3.33. The smallest absolute Gasteiger partial charge is 0.331 e. The number of halogens is 1. The quantitative estimate of drug-likeness (QED) is 0.438. The van der Waals surface area contributed by atoms with Gasteiger partial charge in [-0.1, -0.05) is 12.1 Å². The van der Waals surface area contributed by atoms with Crippen molar-refractivity contribution in [3.8, 4) is 11.5 Å². The molecule has 0 saturated heterocycles. The lowest BCUT2D eigenvalue weighted by molar-refractivity contribution is -0.136. The highest BCUT2D eigenvalue weighted by Crippen LogP contribution is 2.24. The van der Waals surface area contributed by atoms with E-state index in [9.17, 15) is 14.0 Å². The van der Waals surface area contributed by atoms with Crippen molar-refractivity contribution in [2.75, 3.05) is 20.8 Å². The molecule has 0 saturated carbocycles. The second kappa shape index (κ2) is 8.63. The van der Waals surface area contributed by atoms with E-state index in [1.165, 1.54) is 56.7 Å². The van der Waals surface area contributed by atoms with Gasteiger partial charge < -0.3 is 14.2 Å². The van der Waals surface area contributed by atoms with Crippen LogP contribution in [-0.4, -0.2) is 32.6 Å². The van der Waals surface area contributed by atoms with Gasteiger partial charge in [-0.05, 0) is 42.0 Å². The average Bonchev–Trinajstić information content (AvgIpc) is 2.65. The predicted molar refractivity (Wildman–Crippen MR) is 90.3 cm³/mol. The summed E-state index contributed by atoms with van der Waals surface area (Å²) >= 11 is 0. The van der Waals surface area contributed by atoms with Crippen LogP contribution in [0.15, 0.2) is 48.5 Å². The Morgan fingerprint density at radius 2 is 1.76 bits per heavy atom. The van der Waals surface area contributed by atoms with E-state index >= 15 is 0 Å². The Kier molecular flexibility index (Phi) is 6.28. The van der Waals surface area contributed by atoms with E-state index in [1.54, 1.807) is 12.1 Å². The van der Waals surface area contributed by atoms with Gasteiger partial charge in [-0.25, -0.2) is 9.18 Å². The van der Waals surface area contributed by atoms with Gasteiger partial charge in [-0.2, -0.15) is 0 Å². The fourth-order valence-corrected chi connectivity index (χ4v) is 2.03. The van der Waals surface area contributed by atoms with Crippen molar-refractivity contribution in [1.82, 2.24) is 0 Å². The highest BCUT2D eigenvalue weighted by atomic mass is 19.1. The number of carbonyl (C=O) groups excluding carboxylic acids is 2. The Hall–Kier alpha value is -3.15. The van der Waals surface area contributed by atoms with Crippen LogP contribution in [0.2, 0.25) is 0 Å². The summed E-state index contributed by atoms with van der Waals surface area (Å²) in [6.45, 7) is -0.434. The lowest BCUT2D eigenvalue weighted by Crippen LogP contribution is -2.13. The first kappa shape index (κ1) is 18.2. The molecule has 0 aliphatic rings. The van der Waals surface area contributed by atoms with E-state index in [0.717, 1.165) is 0 Å². The number of benzene rings is 2. The van der Waals surface area contributed by atoms with Crippen LogP contribution in [0.1, 0.15) is 15.9 Å². The molecule has 2 aromatic rings. The molecule has 5 nitrogen and oxygen atoms in total. The molecule has 0 atom stereocenters. The molecule has 0 aromatic heterocycles. The van der Waals surface area contributed by atoms with Crippen LogP contribution in [-0.2, 0) is 9.53 Å². The summed E-state index contributed by atoms with van der Waals surface area (Å²) in [7, 11) is 2.92. The molecule has 0 heterocycles. The molecule has 2 aromatic carbocycles. The van der Waals surface area contributed by atoms with E-state index in [-0.39, 0.29) is 11.4 Å². The fourth-order valence-electron chi connectivity index (χ4n) is 2.03. The molecule has 0 spiro atoms. The molecule has 0 bridgehead atoms. The van der Waals surface area contributed by atoms with E-state index in [4.69, 9.17) is 14.2 Å². The number of hydrogen-bond donors (Lipinski definition) is 0. The monoisotopic (exact) mass is 344 g/mol. The standard InChI is InChI=1S/C19H17FO5/c1-23-15-8-9-18(24-2)16(11-15)17(21)12-25-19(22)10-5-13-3-6-14(20)7-4-13/h3-11H,12H2,1-2H3/b10-5+. The first-order valence-electron chi connectivity index (χ1n) is 7.39. The number of esters is 1. The summed E-state index contributed by atoms with van der Waals surface area (Å²) in [6, 6.07) is 10.4. The van der Waals surface area contributed by atoms with Crippen molar-refractivity contribution in [2.45, 2.75) is 0 Å². The SMILES string of the molecule is COc1ccc(OC)c(C(=O)COC(=O)/C=C/c2ccc(F)cc2)c1. The Morgan fingerprint density at radius 1 is 1.04 bits per heavy atom. The van der Waals surface area contributed by atoms with E-state index in [0.29, 0.717) is 17.1 Å². The lowest BCUT2D eigenvalue weighted by Gasteiger charge is -2.09. The molecular formula is C19H17FO5. The van der Waals surface area contributed by atoms with Crippen LogP contribution in [0.25, 0.3) is 6.08 Å². The van der Waals surface area contributed by atoms with E-state index in [1.807, 2.05) is 0 Å². The van der Waals surface area contributed by atoms with Gasteiger partial charge in [0.05, 0.1) is 19.8 Å².